The molecule has 2 aliphatic heterocycles. The predicted octanol–water partition coefficient (Wildman–Crippen LogP) is 3.57. The summed E-state index contributed by atoms with van der Waals surface area (Å²) >= 11 is 0. The van der Waals surface area contributed by atoms with Gasteiger partial charge in [0.05, 0.1) is 0 Å². The Morgan fingerprint density at radius 1 is 0.829 bits per heavy atom. The van der Waals surface area contributed by atoms with Crippen molar-refractivity contribution in [3.63, 3.8) is 0 Å². The van der Waals surface area contributed by atoms with Crippen LogP contribution in [0.15, 0.2) is 60.7 Å². The molecule has 0 N–H and O–H groups in total. The second kappa shape index (κ2) is 9.38. The number of rotatable bonds is 5. The first-order valence-electron chi connectivity index (χ1n) is 11.4. The van der Waals surface area contributed by atoms with Gasteiger partial charge in [-0.15, -0.1) is 0 Å². The highest BCUT2D eigenvalue weighted by Gasteiger charge is 2.33. The van der Waals surface area contributed by atoms with Crippen molar-refractivity contribution in [2.24, 2.45) is 0 Å². The van der Waals surface area contributed by atoms with Gasteiger partial charge in [0.25, 0.3) is 11.8 Å². The van der Waals surface area contributed by atoms with E-state index in [1.807, 2.05) is 24.3 Å². The number of piperazine rings is 1. The van der Waals surface area contributed by atoms with E-state index in [9.17, 15) is 23.2 Å². The Bertz CT molecular complexity index is 1310. The molecule has 2 heterocycles. The highest BCUT2D eigenvalue weighted by atomic mass is 19.2. The van der Waals surface area contributed by atoms with Gasteiger partial charge in [0.2, 0.25) is 5.91 Å². The first-order valence-corrected chi connectivity index (χ1v) is 11.4. The zero-order chi connectivity index (χ0) is 24.5. The summed E-state index contributed by atoms with van der Waals surface area (Å²) < 4.78 is 26.4. The zero-order valence-electron chi connectivity index (χ0n) is 18.9. The van der Waals surface area contributed by atoms with E-state index >= 15 is 0 Å². The Kier molecular flexibility index (Phi) is 6.13. The molecule has 0 atom stereocenters. The highest BCUT2D eigenvalue weighted by Crippen LogP contribution is 2.29. The number of halogens is 2. The number of nitrogens with zero attached hydrogens (tertiary/aromatic N) is 3. The minimum atomic E-state index is -0.959. The van der Waals surface area contributed by atoms with Crippen LogP contribution in [0, 0.1) is 11.6 Å². The molecule has 0 spiro atoms. The van der Waals surface area contributed by atoms with E-state index in [4.69, 9.17) is 0 Å². The summed E-state index contributed by atoms with van der Waals surface area (Å²) in [7, 11) is 0. The second-order valence-electron chi connectivity index (χ2n) is 8.65. The van der Waals surface area contributed by atoms with Crippen LogP contribution in [0.5, 0.6) is 0 Å². The van der Waals surface area contributed by atoms with E-state index in [1.165, 1.54) is 23.1 Å². The molecule has 0 radical (unpaired) electrons. The van der Waals surface area contributed by atoms with Crippen LogP contribution in [0.1, 0.15) is 26.3 Å². The lowest BCUT2D eigenvalue weighted by molar-refractivity contribution is -0.127. The van der Waals surface area contributed by atoms with Gasteiger partial charge in [0.1, 0.15) is 0 Å². The quantitative estimate of drug-likeness (QED) is 0.418. The number of imide groups is 1. The normalized spacial score (nSPS) is 16.5. The fraction of sp³-hybridized carbons (Fsp3) is 0.222. The van der Waals surface area contributed by atoms with Gasteiger partial charge >= 0.3 is 0 Å². The molecule has 0 aromatic heterocycles. The molecule has 0 unspecified atom stereocenters. The number of benzene rings is 3. The third kappa shape index (κ3) is 4.44. The molecule has 6 nitrogen and oxygen atoms in total. The van der Waals surface area contributed by atoms with Crippen LogP contribution in [-0.2, 0) is 4.79 Å². The maximum absolute atomic E-state index is 13.3. The van der Waals surface area contributed by atoms with Gasteiger partial charge in [-0.3, -0.25) is 24.2 Å². The van der Waals surface area contributed by atoms with Gasteiger partial charge in [0.15, 0.2) is 11.6 Å². The summed E-state index contributed by atoms with van der Waals surface area (Å²) in [5, 5.41) is 1.59. The highest BCUT2D eigenvalue weighted by molar-refractivity contribution is 6.25. The number of amides is 3. The summed E-state index contributed by atoms with van der Waals surface area (Å²) in [6.45, 7) is 2.98. The second-order valence-corrected chi connectivity index (χ2v) is 8.65. The number of hydrogen-bond acceptors (Lipinski definition) is 4. The first kappa shape index (κ1) is 22.9. The number of carbonyl (C=O) groups is 3. The van der Waals surface area contributed by atoms with E-state index in [0.29, 0.717) is 54.8 Å². The molecular weight excluding hydrogens is 452 g/mol. The molecule has 3 aromatic carbocycles. The molecule has 0 bridgehead atoms. The summed E-state index contributed by atoms with van der Waals surface area (Å²) in [4.78, 5) is 43.7. The Morgan fingerprint density at radius 3 is 2.11 bits per heavy atom. The van der Waals surface area contributed by atoms with Crippen LogP contribution >= 0.6 is 0 Å². The van der Waals surface area contributed by atoms with Crippen molar-refractivity contribution in [1.29, 1.82) is 0 Å². The van der Waals surface area contributed by atoms with Crippen LogP contribution in [0.2, 0.25) is 0 Å². The van der Waals surface area contributed by atoms with Crippen LogP contribution in [0.25, 0.3) is 16.8 Å². The van der Waals surface area contributed by atoms with Gasteiger partial charge in [-0.05, 0) is 41.3 Å². The van der Waals surface area contributed by atoms with Gasteiger partial charge in [0, 0.05) is 61.9 Å². The van der Waals surface area contributed by atoms with Crippen molar-refractivity contribution < 1.29 is 23.2 Å². The van der Waals surface area contributed by atoms with Crippen molar-refractivity contribution in [1.82, 2.24) is 14.7 Å². The van der Waals surface area contributed by atoms with Gasteiger partial charge < -0.3 is 4.90 Å². The van der Waals surface area contributed by atoms with Crippen LogP contribution < -0.4 is 0 Å². The topological polar surface area (TPSA) is 60.9 Å². The minimum absolute atomic E-state index is 0.208. The molecule has 1 fully saturated rings. The monoisotopic (exact) mass is 475 g/mol. The molecule has 3 amide bonds. The van der Waals surface area contributed by atoms with Crippen molar-refractivity contribution in [3.05, 3.63) is 89.0 Å². The Hall–Kier alpha value is -3.91. The van der Waals surface area contributed by atoms with Gasteiger partial charge in [-0.25, -0.2) is 8.78 Å². The molecular formula is C27H23F2N3O3. The predicted molar refractivity (Wildman–Crippen MR) is 128 cm³/mol. The fourth-order valence-corrected chi connectivity index (χ4v) is 4.61. The average molecular weight is 475 g/mol. The lowest BCUT2D eigenvalue weighted by Crippen LogP contribution is -2.51. The molecule has 178 valence electrons. The standard InChI is InChI=1S/C27H23F2N3O3/c28-22-9-7-18(17-23(22)29)8-10-24(33)31-14-11-30(12-15-31)13-16-32-26(34)20-5-1-3-19-4-2-6-21(25(19)20)27(32)35/h1-10,17H,11-16H2/b10-8+. The molecule has 2 aliphatic rings. The lowest BCUT2D eigenvalue weighted by Gasteiger charge is -2.35. The molecule has 3 aromatic rings. The van der Waals surface area contributed by atoms with Crippen LogP contribution in [-0.4, -0.2) is 71.7 Å². The SMILES string of the molecule is O=C(/C=C/c1ccc(F)c(F)c1)N1CCN(CCN2C(=O)c3cccc4cccc(c34)C2=O)CC1. The summed E-state index contributed by atoms with van der Waals surface area (Å²) in [5.41, 5.74) is 1.49. The fourth-order valence-electron chi connectivity index (χ4n) is 4.61. The lowest BCUT2D eigenvalue weighted by atomic mass is 9.94. The number of hydrogen-bond donors (Lipinski definition) is 0. The third-order valence-electron chi connectivity index (χ3n) is 6.54. The smallest absolute Gasteiger partial charge is 0.261 e. The first-order chi connectivity index (χ1) is 16.9. The Morgan fingerprint density at radius 2 is 1.49 bits per heavy atom. The van der Waals surface area contributed by atoms with Gasteiger partial charge in [-0.2, -0.15) is 0 Å². The molecule has 5 rings (SSSR count). The molecule has 1 saturated heterocycles. The molecule has 35 heavy (non-hydrogen) atoms. The molecule has 0 saturated carbocycles. The molecule has 8 heteroatoms. The van der Waals surface area contributed by atoms with E-state index in [2.05, 4.69) is 4.90 Å². The Balaban J connectivity index is 1.17. The Labute approximate surface area is 201 Å². The maximum Gasteiger partial charge on any atom is 0.261 e. The van der Waals surface area contributed by atoms with E-state index < -0.39 is 11.6 Å². The van der Waals surface area contributed by atoms with Crippen molar-refractivity contribution >= 4 is 34.6 Å². The third-order valence-corrected chi connectivity index (χ3v) is 6.54. The average Bonchev–Trinajstić information content (AvgIpc) is 2.88. The summed E-state index contributed by atoms with van der Waals surface area (Å²) in [5.74, 6) is -2.66. The summed E-state index contributed by atoms with van der Waals surface area (Å²) in [6.07, 6.45) is 2.81. The summed E-state index contributed by atoms with van der Waals surface area (Å²) in [6, 6.07) is 14.4. The number of carbonyl (C=O) groups excluding carboxylic acids is 3. The van der Waals surface area contributed by atoms with Gasteiger partial charge in [-0.1, -0.05) is 30.3 Å². The van der Waals surface area contributed by atoms with Crippen LogP contribution in [0.4, 0.5) is 8.78 Å². The minimum Gasteiger partial charge on any atom is -0.337 e. The molecule has 0 aliphatic carbocycles. The van der Waals surface area contributed by atoms with Crippen molar-refractivity contribution in [2.45, 2.75) is 0 Å². The largest absolute Gasteiger partial charge is 0.337 e. The van der Waals surface area contributed by atoms with Crippen LogP contribution in [0.3, 0.4) is 0 Å². The van der Waals surface area contributed by atoms with Crippen molar-refractivity contribution in [3.8, 4) is 0 Å². The van der Waals surface area contributed by atoms with Crippen molar-refractivity contribution in [2.75, 3.05) is 39.3 Å². The van der Waals surface area contributed by atoms with E-state index in [1.54, 1.807) is 17.0 Å². The van der Waals surface area contributed by atoms with E-state index in [-0.39, 0.29) is 24.3 Å². The maximum atomic E-state index is 13.3. The zero-order valence-corrected chi connectivity index (χ0v) is 18.9. The van der Waals surface area contributed by atoms with E-state index in [0.717, 1.165) is 17.5 Å².